The molecule has 96 valence electrons. The van der Waals surface area contributed by atoms with E-state index in [0.29, 0.717) is 18.3 Å². The van der Waals surface area contributed by atoms with Crippen LogP contribution in [0.3, 0.4) is 0 Å². The SMILES string of the molecule is CC(C)NCc1cnnn1-c1ccc(F)c(Cl)c1. The van der Waals surface area contributed by atoms with E-state index in [1.165, 1.54) is 12.1 Å². The maximum atomic E-state index is 13.1. The topological polar surface area (TPSA) is 42.7 Å². The minimum absolute atomic E-state index is 0.0748. The van der Waals surface area contributed by atoms with Gasteiger partial charge in [0.05, 0.1) is 22.6 Å². The molecule has 1 N–H and O–H groups in total. The van der Waals surface area contributed by atoms with E-state index in [-0.39, 0.29) is 5.02 Å². The van der Waals surface area contributed by atoms with Gasteiger partial charge in [0.2, 0.25) is 0 Å². The van der Waals surface area contributed by atoms with Crippen LogP contribution in [0.1, 0.15) is 19.5 Å². The van der Waals surface area contributed by atoms with Crippen molar-refractivity contribution in [1.29, 1.82) is 0 Å². The lowest BCUT2D eigenvalue weighted by atomic mass is 10.3. The fraction of sp³-hybridized carbons (Fsp3) is 0.333. The van der Waals surface area contributed by atoms with E-state index in [2.05, 4.69) is 29.5 Å². The van der Waals surface area contributed by atoms with Crippen LogP contribution in [0.4, 0.5) is 4.39 Å². The van der Waals surface area contributed by atoms with Crippen molar-refractivity contribution >= 4 is 11.6 Å². The molecule has 0 saturated heterocycles. The zero-order valence-electron chi connectivity index (χ0n) is 10.2. The number of nitrogens with one attached hydrogen (secondary N) is 1. The van der Waals surface area contributed by atoms with Gasteiger partial charge in [-0.05, 0) is 18.2 Å². The highest BCUT2D eigenvalue weighted by molar-refractivity contribution is 6.30. The molecule has 0 spiro atoms. The Morgan fingerprint density at radius 1 is 1.44 bits per heavy atom. The molecule has 1 heterocycles. The summed E-state index contributed by atoms with van der Waals surface area (Å²) in [6.45, 7) is 4.76. The largest absolute Gasteiger partial charge is 0.309 e. The van der Waals surface area contributed by atoms with Crippen molar-refractivity contribution in [3.8, 4) is 5.69 Å². The minimum atomic E-state index is -0.442. The molecule has 0 amide bonds. The van der Waals surface area contributed by atoms with E-state index >= 15 is 0 Å². The Morgan fingerprint density at radius 2 is 2.22 bits per heavy atom. The lowest BCUT2D eigenvalue weighted by Crippen LogP contribution is -2.23. The zero-order chi connectivity index (χ0) is 13.1. The standard InChI is InChI=1S/C12H14ClFN4/c1-8(2)15-6-10-7-16-17-18(10)9-3-4-12(14)11(13)5-9/h3-5,7-8,15H,6H2,1-2H3. The summed E-state index contributed by atoms with van der Waals surface area (Å²) in [7, 11) is 0. The molecule has 2 rings (SSSR count). The van der Waals surface area contributed by atoms with Gasteiger partial charge in [0.15, 0.2) is 0 Å². The van der Waals surface area contributed by atoms with Crippen LogP contribution in [-0.2, 0) is 6.54 Å². The molecule has 4 nitrogen and oxygen atoms in total. The van der Waals surface area contributed by atoms with E-state index in [1.54, 1.807) is 16.9 Å². The van der Waals surface area contributed by atoms with Crippen LogP contribution in [0, 0.1) is 5.82 Å². The van der Waals surface area contributed by atoms with E-state index < -0.39 is 5.82 Å². The Hall–Kier alpha value is -1.46. The van der Waals surface area contributed by atoms with Gasteiger partial charge in [-0.1, -0.05) is 30.7 Å². The van der Waals surface area contributed by atoms with Gasteiger partial charge in [-0.15, -0.1) is 5.10 Å². The van der Waals surface area contributed by atoms with Crippen molar-refractivity contribution in [2.24, 2.45) is 0 Å². The highest BCUT2D eigenvalue weighted by Crippen LogP contribution is 2.19. The van der Waals surface area contributed by atoms with Gasteiger partial charge < -0.3 is 5.32 Å². The van der Waals surface area contributed by atoms with Crippen molar-refractivity contribution < 1.29 is 4.39 Å². The van der Waals surface area contributed by atoms with Crippen molar-refractivity contribution in [1.82, 2.24) is 20.3 Å². The minimum Gasteiger partial charge on any atom is -0.309 e. The Morgan fingerprint density at radius 3 is 2.89 bits per heavy atom. The predicted octanol–water partition coefficient (Wildman–Crippen LogP) is 2.56. The fourth-order valence-electron chi connectivity index (χ4n) is 1.52. The molecule has 0 atom stereocenters. The van der Waals surface area contributed by atoms with Gasteiger partial charge in [-0.2, -0.15) is 0 Å². The first-order chi connectivity index (χ1) is 8.58. The highest BCUT2D eigenvalue weighted by atomic mass is 35.5. The molecule has 18 heavy (non-hydrogen) atoms. The molecule has 0 aliphatic heterocycles. The molecule has 1 aromatic carbocycles. The Bertz CT molecular complexity index is 539. The Labute approximate surface area is 110 Å². The van der Waals surface area contributed by atoms with E-state index in [1.807, 2.05) is 0 Å². The molecule has 0 unspecified atom stereocenters. The van der Waals surface area contributed by atoms with Crippen LogP contribution >= 0.6 is 11.6 Å². The van der Waals surface area contributed by atoms with Crippen LogP contribution in [0.15, 0.2) is 24.4 Å². The van der Waals surface area contributed by atoms with Crippen molar-refractivity contribution in [3.05, 3.63) is 40.9 Å². The maximum Gasteiger partial charge on any atom is 0.141 e. The van der Waals surface area contributed by atoms with Crippen LogP contribution in [0.5, 0.6) is 0 Å². The first-order valence-corrected chi connectivity index (χ1v) is 6.04. The van der Waals surface area contributed by atoms with Crippen LogP contribution in [0.25, 0.3) is 5.69 Å². The molecule has 0 aliphatic carbocycles. The summed E-state index contributed by atoms with van der Waals surface area (Å²) in [6, 6.07) is 4.84. The van der Waals surface area contributed by atoms with Crippen LogP contribution in [0.2, 0.25) is 5.02 Å². The van der Waals surface area contributed by atoms with Gasteiger partial charge in [0.1, 0.15) is 5.82 Å². The third kappa shape index (κ3) is 2.86. The number of benzene rings is 1. The second kappa shape index (κ2) is 5.46. The average Bonchev–Trinajstić information content (AvgIpc) is 2.78. The summed E-state index contributed by atoms with van der Waals surface area (Å²) in [6.07, 6.45) is 1.67. The third-order valence-electron chi connectivity index (χ3n) is 2.46. The monoisotopic (exact) mass is 268 g/mol. The van der Waals surface area contributed by atoms with E-state index in [0.717, 1.165) is 5.69 Å². The number of hydrogen-bond donors (Lipinski definition) is 1. The second-order valence-electron chi connectivity index (χ2n) is 4.27. The lowest BCUT2D eigenvalue weighted by molar-refractivity contribution is 0.570. The van der Waals surface area contributed by atoms with Crippen molar-refractivity contribution in [2.45, 2.75) is 26.4 Å². The Balaban J connectivity index is 2.27. The summed E-state index contributed by atoms with van der Waals surface area (Å²) in [4.78, 5) is 0. The molecule has 0 saturated carbocycles. The van der Waals surface area contributed by atoms with Crippen LogP contribution in [-0.4, -0.2) is 21.0 Å². The molecular weight excluding hydrogens is 255 g/mol. The summed E-state index contributed by atoms with van der Waals surface area (Å²) < 4.78 is 14.7. The summed E-state index contributed by atoms with van der Waals surface area (Å²) in [5, 5.41) is 11.2. The number of nitrogens with zero attached hydrogens (tertiary/aromatic N) is 3. The number of halogens is 2. The molecule has 1 aromatic heterocycles. The predicted molar refractivity (Wildman–Crippen MR) is 68.3 cm³/mol. The van der Waals surface area contributed by atoms with Gasteiger partial charge in [-0.25, -0.2) is 9.07 Å². The van der Waals surface area contributed by atoms with Crippen LogP contribution < -0.4 is 5.32 Å². The Kier molecular flexibility index (Phi) is 3.93. The van der Waals surface area contributed by atoms with Gasteiger partial charge in [-0.3, -0.25) is 0 Å². The molecule has 6 heteroatoms. The maximum absolute atomic E-state index is 13.1. The summed E-state index contributed by atoms with van der Waals surface area (Å²) in [5.41, 5.74) is 1.59. The molecule has 0 fully saturated rings. The van der Waals surface area contributed by atoms with E-state index in [9.17, 15) is 4.39 Å². The fourth-order valence-corrected chi connectivity index (χ4v) is 1.69. The van der Waals surface area contributed by atoms with Gasteiger partial charge in [0, 0.05) is 12.6 Å². The smallest absolute Gasteiger partial charge is 0.141 e. The third-order valence-corrected chi connectivity index (χ3v) is 2.75. The zero-order valence-corrected chi connectivity index (χ0v) is 10.9. The number of rotatable bonds is 4. The first-order valence-electron chi connectivity index (χ1n) is 5.66. The van der Waals surface area contributed by atoms with Crippen molar-refractivity contribution in [3.63, 3.8) is 0 Å². The normalized spacial score (nSPS) is 11.2. The van der Waals surface area contributed by atoms with Crippen molar-refractivity contribution in [2.75, 3.05) is 0 Å². The molecule has 0 radical (unpaired) electrons. The number of hydrogen-bond acceptors (Lipinski definition) is 3. The molecule has 0 aliphatic rings. The first kappa shape index (κ1) is 13.0. The summed E-state index contributed by atoms with van der Waals surface area (Å²) in [5.74, 6) is -0.442. The van der Waals surface area contributed by atoms with Gasteiger partial charge >= 0.3 is 0 Å². The molecule has 2 aromatic rings. The quantitative estimate of drug-likeness (QED) is 0.927. The molecular formula is C12H14ClFN4. The average molecular weight is 269 g/mol. The van der Waals surface area contributed by atoms with Gasteiger partial charge in [0.25, 0.3) is 0 Å². The second-order valence-corrected chi connectivity index (χ2v) is 4.68. The number of aromatic nitrogens is 3. The lowest BCUT2D eigenvalue weighted by Gasteiger charge is -2.10. The molecule has 0 bridgehead atoms. The highest BCUT2D eigenvalue weighted by Gasteiger charge is 2.08. The summed E-state index contributed by atoms with van der Waals surface area (Å²) >= 11 is 5.76. The van der Waals surface area contributed by atoms with E-state index in [4.69, 9.17) is 11.6 Å².